The smallest absolute Gasteiger partial charge is 0.274 e. The molecule has 2 aromatic carbocycles. The maximum atomic E-state index is 12.6. The van der Waals surface area contributed by atoms with Gasteiger partial charge in [-0.3, -0.25) is 9.59 Å². The van der Waals surface area contributed by atoms with E-state index in [4.69, 9.17) is 4.74 Å². The zero-order chi connectivity index (χ0) is 20.1. The van der Waals surface area contributed by atoms with Gasteiger partial charge in [-0.05, 0) is 55.3 Å². The Hall–Kier alpha value is -3.67. The van der Waals surface area contributed by atoms with Crippen molar-refractivity contribution >= 4 is 23.2 Å². The van der Waals surface area contributed by atoms with E-state index < -0.39 is 5.91 Å². The van der Waals surface area contributed by atoms with Crippen molar-refractivity contribution in [3.8, 4) is 5.75 Å². The molecule has 0 bridgehead atoms. The Morgan fingerprint density at radius 2 is 1.50 bits per heavy atom. The van der Waals surface area contributed by atoms with Gasteiger partial charge >= 0.3 is 0 Å². The molecule has 142 valence electrons. The molecule has 0 saturated heterocycles. The summed E-state index contributed by atoms with van der Waals surface area (Å²) < 4.78 is 5.15. The number of rotatable bonds is 5. The Kier molecular flexibility index (Phi) is 5.69. The van der Waals surface area contributed by atoms with Gasteiger partial charge in [-0.25, -0.2) is 4.98 Å². The van der Waals surface area contributed by atoms with Crippen molar-refractivity contribution in [2.24, 2.45) is 0 Å². The molecule has 2 amide bonds. The molecule has 6 nitrogen and oxygen atoms in total. The van der Waals surface area contributed by atoms with E-state index in [0.717, 1.165) is 16.8 Å². The zero-order valence-corrected chi connectivity index (χ0v) is 15.9. The van der Waals surface area contributed by atoms with Crippen LogP contribution in [0.5, 0.6) is 5.75 Å². The number of amides is 2. The first-order chi connectivity index (χ1) is 13.5. The molecule has 6 heteroatoms. The highest BCUT2D eigenvalue weighted by molar-refractivity contribution is 6.06. The van der Waals surface area contributed by atoms with Crippen molar-refractivity contribution < 1.29 is 14.3 Å². The second kappa shape index (κ2) is 8.35. The van der Waals surface area contributed by atoms with Crippen LogP contribution in [-0.2, 0) is 0 Å². The first-order valence-electron chi connectivity index (χ1n) is 8.78. The lowest BCUT2D eigenvalue weighted by molar-refractivity contribution is 0.101. The van der Waals surface area contributed by atoms with Crippen molar-refractivity contribution in [3.63, 3.8) is 0 Å². The number of benzene rings is 2. The minimum Gasteiger partial charge on any atom is -0.497 e. The Balaban J connectivity index is 1.76. The summed E-state index contributed by atoms with van der Waals surface area (Å²) >= 11 is 0. The van der Waals surface area contributed by atoms with E-state index in [-0.39, 0.29) is 17.3 Å². The number of nitrogens with zero attached hydrogens (tertiary/aromatic N) is 1. The number of pyridine rings is 1. The topological polar surface area (TPSA) is 80.3 Å². The lowest BCUT2D eigenvalue weighted by Gasteiger charge is -2.11. The largest absolute Gasteiger partial charge is 0.497 e. The standard InChI is InChI=1S/C22H21N3O3/c1-14-7-4-10-18(15(14)2)25-22(27)20-12-6-11-19(24-20)21(26)23-16-8-5-9-17(13-16)28-3/h4-13H,1-3H3,(H,23,26)(H,25,27). The Labute approximate surface area is 163 Å². The van der Waals surface area contributed by atoms with Crippen molar-refractivity contribution in [1.82, 2.24) is 4.98 Å². The van der Waals surface area contributed by atoms with Crippen LogP contribution < -0.4 is 15.4 Å². The van der Waals surface area contributed by atoms with Crippen LogP contribution in [0, 0.1) is 13.8 Å². The van der Waals surface area contributed by atoms with Crippen molar-refractivity contribution in [1.29, 1.82) is 0 Å². The van der Waals surface area contributed by atoms with Gasteiger partial charge in [0.15, 0.2) is 0 Å². The summed E-state index contributed by atoms with van der Waals surface area (Å²) in [4.78, 5) is 29.3. The molecule has 0 aliphatic carbocycles. The van der Waals surface area contributed by atoms with Crippen LogP contribution in [0.15, 0.2) is 60.7 Å². The number of aromatic nitrogens is 1. The molecule has 0 saturated carbocycles. The molecule has 3 rings (SSSR count). The van der Waals surface area contributed by atoms with E-state index in [2.05, 4.69) is 15.6 Å². The molecule has 1 heterocycles. The van der Waals surface area contributed by atoms with Gasteiger partial charge in [-0.1, -0.05) is 24.3 Å². The van der Waals surface area contributed by atoms with Crippen LogP contribution in [0.2, 0.25) is 0 Å². The number of hydrogen-bond acceptors (Lipinski definition) is 4. The summed E-state index contributed by atoms with van der Waals surface area (Å²) in [6, 6.07) is 17.5. The minimum atomic E-state index is -0.408. The van der Waals surface area contributed by atoms with Crippen LogP contribution in [0.3, 0.4) is 0 Å². The highest BCUT2D eigenvalue weighted by atomic mass is 16.5. The molecule has 0 radical (unpaired) electrons. The molecule has 1 aromatic heterocycles. The van der Waals surface area contributed by atoms with Crippen molar-refractivity contribution in [2.45, 2.75) is 13.8 Å². The van der Waals surface area contributed by atoms with Crippen LogP contribution in [0.1, 0.15) is 32.1 Å². The number of nitrogens with one attached hydrogen (secondary N) is 2. The number of ether oxygens (including phenoxy) is 1. The average Bonchev–Trinajstić information content (AvgIpc) is 2.71. The lowest BCUT2D eigenvalue weighted by atomic mass is 10.1. The maximum Gasteiger partial charge on any atom is 0.274 e. The van der Waals surface area contributed by atoms with Gasteiger partial charge in [0.2, 0.25) is 0 Å². The molecule has 0 unspecified atom stereocenters. The predicted octanol–water partition coefficient (Wildman–Crippen LogP) is 4.21. The number of hydrogen-bond donors (Lipinski definition) is 2. The van der Waals surface area contributed by atoms with Crippen molar-refractivity contribution in [2.75, 3.05) is 17.7 Å². The van der Waals surface area contributed by atoms with E-state index >= 15 is 0 Å². The van der Waals surface area contributed by atoms with Gasteiger partial charge < -0.3 is 15.4 Å². The number of anilines is 2. The van der Waals surface area contributed by atoms with E-state index in [9.17, 15) is 9.59 Å². The number of aryl methyl sites for hydroxylation is 1. The fraction of sp³-hybridized carbons (Fsp3) is 0.136. The third kappa shape index (κ3) is 4.35. The molecule has 0 aliphatic rings. The SMILES string of the molecule is COc1cccc(NC(=O)c2cccc(C(=O)Nc3cccc(C)c3C)n2)c1. The Bertz CT molecular complexity index is 1030. The highest BCUT2D eigenvalue weighted by Gasteiger charge is 2.14. The highest BCUT2D eigenvalue weighted by Crippen LogP contribution is 2.19. The molecule has 3 aromatic rings. The average molecular weight is 375 g/mol. The van der Waals surface area contributed by atoms with E-state index in [1.54, 1.807) is 49.6 Å². The van der Waals surface area contributed by atoms with E-state index in [1.165, 1.54) is 0 Å². The van der Waals surface area contributed by atoms with Crippen LogP contribution in [-0.4, -0.2) is 23.9 Å². The summed E-state index contributed by atoms with van der Waals surface area (Å²) in [6.45, 7) is 3.92. The monoisotopic (exact) mass is 375 g/mol. The Morgan fingerprint density at radius 3 is 2.21 bits per heavy atom. The summed E-state index contributed by atoms with van der Waals surface area (Å²) in [7, 11) is 1.56. The number of carbonyl (C=O) groups excluding carboxylic acids is 2. The number of methoxy groups -OCH3 is 1. The maximum absolute atomic E-state index is 12.6. The summed E-state index contributed by atoms with van der Waals surface area (Å²) in [5, 5.41) is 5.60. The molecular weight excluding hydrogens is 354 g/mol. The van der Waals surface area contributed by atoms with Crippen LogP contribution in [0.25, 0.3) is 0 Å². The van der Waals surface area contributed by atoms with Gasteiger partial charge in [-0.15, -0.1) is 0 Å². The minimum absolute atomic E-state index is 0.149. The van der Waals surface area contributed by atoms with E-state index in [1.807, 2.05) is 32.0 Å². The van der Waals surface area contributed by atoms with Gasteiger partial charge in [0.25, 0.3) is 11.8 Å². The predicted molar refractivity (Wildman–Crippen MR) is 109 cm³/mol. The fourth-order valence-electron chi connectivity index (χ4n) is 2.66. The third-order valence-corrected chi connectivity index (χ3v) is 4.39. The summed E-state index contributed by atoms with van der Waals surface area (Å²) in [5.74, 6) is -0.146. The van der Waals surface area contributed by atoms with Crippen LogP contribution >= 0.6 is 0 Å². The van der Waals surface area contributed by atoms with Crippen molar-refractivity contribution in [3.05, 3.63) is 83.2 Å². The molecular formula is C22H21N3O3. The molecule has 2 N–H and O–H groups in total. The van der Waals surface area contributed by atoms with Gasteiger partial charge in [0.05, 0.1) is 7.11 Å². The first kappa shape index (κ1) is 19.1. The second-order valence-corrected chi connectivity index (χ2v) is 6.30. The lowest BCUT2D eigenvalue weighted by Crippen LogP contribution is -2.19. The molecule has 0 aliphatic heterocycles. The molecule has 28 heavy (non-hydrogen) atoms. The molecule has 0 atom stereocenters. The fourth-order valence-corrected chi connectivity index (χ4v) is 2.66. The quantitative estimate of drug-likeness (QED) is 0.700. The molecule has 0 spiro atoms. The Morgan fingerprint density at radius 1 is 0.857 bits per heavy atom. The normalized spacial score (nSPS) is 10.2. The molecule has 0 fully saturated rings. The second-order valence-electron chi connectivity index (χ2n) is 6.30. The van der Waals surface area contributed by atoms with Gasteiger partial charge in [0.1, 0.15) is 17.1 Å². The number of carbonyl (C=O) groups is 2. The summed E-state index contributed by atoms with van der Waals surface area (Å²) in [6.07, 6.45) is 0. The van der Waals surface area contributed by atoms with Gasteiger partial charge in [-0.2, -0.15) is 0 Å². The first-order valence-corrected chi connectivity index (χ1v) is 8.78. The zero-order valence-electron chi connectivity index (χ0n) is 15.9. The van der Waals surface area contributed by atoms with E-state index in [0.29, 0.717) is 11.4 Å². The summed E-state index contributed by atoms with van der Waals surface area (Å²) in [5.41, 5.74) is 3.69. The van der Waals surface area contributed by atoms with Crippen LogP contribution in [0.4, 0.5) is 11.4 Å². The third-order valence-electron chi connectivity index (χ3n) is 4.39. The van der Waals surface area contributed by atoms with Gasteiger partial charge in [0, 0.05) is 17.4 Å².